The minimum Gasteiger partial charge on any atom is -0.484 e. The largest absolute Gasteiger partial charge is 0.484 e. The lowest BCUT2D eigenvalue weighted by Gasteiger charge is -2.08. The van der Waals surface area contributed by atoms with Crippen molar-refractivity contribution in [1.29, 1.82) is 0 Å². The van der Waals surface area contributed by atoms with Crippen LogP contribution in [0.4, 0.5) is 5.69 Å². The van der Waals surface area contributed by atoms with Crippen LogP contribution in [0.1, 0.15) is 42.3 Å². The second-order valence-corrected chi connectivity index (χ2v) is 8.02. The molecule has 4 rings (SSSR count). The summed E-state index contributed by atoms with van der Waals surface area (Å²) >= 11 is 0. The maximum atomic E-state index is 12.2. The quantitative estimate of drug-likeness (QED) is 0.411. The number of amides is 1. The van der Waals surface area contributed by atoms with Crippen molar-refractivity contribution >= 4 is 22.7 Å². The first kappa shape index (κ1) is 20.7. The molecule has 0 radical (unpaired) electrons. The van der Waals surface area contributed by atoms with Crippen molar-refractivity contribution in [3.63, 3.8) is 0 Å². The zero-order valence-corrected chi connectivity index (χ0v) is 18.0. The van der Waals surface area contributed by atoms with E-state index in [-0.39, 0.29) is 12.5 Å². The van der Waals surface area contributed by atoms with Gasteiger partial charge in [-0.25, -0.2) is 4.98 Å². The molecule has 0 saturated heterocycles. The molecule has 0 bridgehead atoms. The number of benzene rings is 3. The predicted molar refractivity (Wildman–Crippen MR) is 123 cm³/mol. The lowest BCUT2D eigenvalue weighted by atomic mass is 10.0. The number of nitrogens with one attached hydrogen (secondary N) is 1. The van der Waals surface area contributed by atoms with Crippen molar-refractivity contribution in [2.24, 2.45) is 0 Å². The van der Waals surface area contributed by atoms with Crippen molar-refractivity contribution in [1.82, 2.24) is 4.98 Å². The number of hydrogen-bond acceptors (Lipinski definition) is 4. The molecule has 0 aliphatic heterocycles. The average Bonchev–Trinajstić information content (AvgIpc) is 3.15. The van der Waals surface area contributed by atoms with E-state index in [4.69, 9.17) is 9.15 Å². The van der Waals surface area contributed by atoms with Crippen molar-refractivity contribution in [2.75, 3.05) is 11.9 Å². The van der Waals surface area contributed by atoms with E-state index >= 15 is 0 Å². The molecule has 31 heavy (non-hydrogen) atoms. The minimum absolute atomic E-state index is 0.0352. The molecule has 0 fully saturated rings. The minimum atomic E-state index is -0.200. The lowest BCUT2D eigenvalue weighted by molar-refractivity contribution is -0.118. The highest BCUT2D eigenvalue weighted by Gasteiger charge is 2.10. The number of hydrogen-bond donors (Lipinski definition) is 1. The van der Waals surface area contributed by atoms with Crippen LogP contribution in [-0.4, -0.2) is 17.5 Å². The van der Waals surface area contributed by atoms with E-state index in [0.717, 1.165) is 27.9 Å². The summed E-state index contributed by atoms with van der Waals surface area (Å²) in [5.74, 6) is 1.62. The Hall–Kier alpha value is -3.60. The van der Waals surface area contributed by atoms with Gasteiger partial charge in [-0.2, -0.15) is 0 Å². The van der Waals surface area contributed by atoms with Crippen LogP contribution in [0.25, 0.3) is 11.1 Å². The average molecular weight is 415 g/mol. The number of anilines is 1. The van der Waals surface area contributed by atoms with Gasteiger partial charge in [-0.1, -0.05) is 44.2 Å². The maximum Gasteiger partial charge on any atom is 0.262 e. The van der Waals surface area contributed by atoms with Crippen molar-refractivity contribution < 1.29 is 13.9 Å². The van der Waals surface area contributed by atoms with Crippen molar-refractivity contribution in [3.8, 4) is 5.75 Å². The van der Waals surface area contributed by atoms with Crippen LogP contribution in [-0.2, 0) is 11.2 Å². The number of ether oxygens (including phenoxy) is 1. The number of carbonyl (C=O) groups excluding carboxylic acids is 1. The molecular formula is C26H26N2O3. The highest BCUT2D eigenvalue weighted by molar-refractivity contribution is 5.91. The van der Waals surface area contributed by atoms with Crippen LogP contribution < -0.4 is 10.1 Å². The van der Waals surface area contributed by atoms with Gasteiger partial charge in [0.25, 0.3) is 5.91 Å². The molecular weight excluding hydrogens is 388 g/mol. The summed E-state index contributed by atoms with van der Waals surface area (Å²) in [4.78, 5) is 16.8. The van der Waals surface area contributed by atoms with Gasteiger partial charge in [-0.05, 0) is 65.9 Å². The Labute approximate surface area is 182 Å². The number of fused-ring (bicyclic) bond motifs is 1. The van der Waals surface area contributed by atoms with E-state index in [0.29, 0.717) is 24.0 Å². The Morgan fingerprint density at radius 2 is 1.87 bits per heavy atom. The van der Waals surface area contributed by atoms with Crippen LogP contribution in [0.2, 0.25) is 0 Å². The maximum absolute atomic E-state index is 12.2. The highest BCUT2D eigenvalue weighted by Crippen LogP contribution is 2.23. The Kier molecular flexibility index (Phi) is 6.03. The van der Waals surface area contributed by atoms with Gasteiger partial charge in [0.1, 0.15) is 11.3 Å². The third-order valence-corrected chi connectivity index (χ3v) is 5.08. The molecule has 0 atom stereocenters. The third kappa shape index (κ3) is 5.31. The molecule has 0 aliphatic carbocycles. The molecule has 1 N–H and O–H groups in total. The monoisotopic (exact) mass is 414 g/mol. The molecule has 0 unspecified atom stereocenters. The number of rotatable bonds is 7. The van der Waals surface area contributed by atoms with Crippen molar-refractivity contribution in [2.45, 2.75) is 33.1 Å². The molecule has 4 aromatic rings. The first-order valence-corrected chi connectivity index (χ1v) is 10.4. The van der Waals surface area contributed by atoms with Crippen LogP contribution in [0.15, 0.2) is 71.1 Å². The van der Waals surface area contributed by atoms with E-state index in [9.17, 15) is 4.79 Å². The van der Waals surface area contributed by atoms with Gasteiger partial charge in [0.05, 0.1) is 0 Å². The fourth-order valence-electron chi connectivity index (χ4n) is 3.36. The summed E-state index contributed by atoms with van der Waals surface area (Å²) in [7, 11) is 0. The summed E-state index contributed by atoms with van der Waals surface area (Å²) in [6.07, 6.45) is 0.594. The van der Waals surface area contributed by atoms with Crippen LogP contribution in [0.3, 0.4) is 0 Å². The lowest BCUT2D eigenvalue weighted by Crippen LogP contribution is -2.20. The fourth-order valence-corrected chi connectivity index (χ4v) is 3.36. The molecule has 1 aromatic heterocycles. The first-order valence-electron chi connectivity index (χ1n) is 10.4. The molecule has 0 saturated carbocycles. The first-order chi connectivity index (χ1) is 15.0. The Morgan fingerprint density at radius 3 is 2.61 bits per heavy atom. The van der Waals surface area contributed by atoms with Gasteiger partial charge < -0.3 is 14.5 Å². The van der Waals surface area contributed by atoms with E-state index in [2.05, 4.69) is 36.3 Å². The number of carbonyl (C=O) groups is 1. The summed E-state index contributed by atoms with van der Waals surface area (Å²) in [6.45, 7) is 6.28. The Balaban J connectivity index is 1.34. The number of oxazole rings is 1. The second kappa shape index (κ2) is 9.04. The van der Waals surface area contributed by atoms with Gasteiger partial charge in [-0.3, -0.25) is 4.79 Å². The Bertz CT molecular complexity index is 1190. The summed E-state index contributed by atoms with van der Waals surface area (Å²) < 4.78 is 11.4. The normalized spacial score (nSPS) is 11.1. The van der Waals surface area contributed by atoms with E-state index < -0.39 is 0 Å². The third-order valence-electron chi connectivity index (χ3n) is 5.08. The zero-order valence-electron chi connectivity index (χ0n) is 18.0. The molecule has 3 aromatic carbocycles. The molecule has 0 spiro atoms. The topological polar surface area (TPSA) is 64.4 Å². The van der Waals surface area contributed by atoms with Gasteiger partial charge in [-0.15, -0.1) is 0 Å². The van der Waals surface area contributed by atoms with Crippen LogP contribution in [0.5, 0.6) is 5.75 Å². The van der Waals surface area contributed by atoms with Gasteiger partial charge >= 0.3 is 0 Å². The van der Waals surface area contributed by atoms with Crippen LogP contribution >= 0.6 is 0 Å². The van der Waals surface area contributed by atoms with Gasteiger partial charge in [0, 0.05) is 12.1 Å². The summed E-state index contributed by atoms with van der Waals surface area (Å²) in [5.41, 5.74) is 5.81. The van der Waals surface area contributed by atoms with Crippen molar-refractivity contribution in [3.05, 3.63) is 89.3 Å². The standard InChI is InChI=1S/C26H26N2O3/c1-17(2)20-9-12-24-23(15-20)28-26(31-24)14-19-7-10-21(11-8-19)27-25(29)16-30-22-6-4-5-18(3)13-22/h4-13,15,17H,14,16H2,1-3H3,(H,27,29). The summed E-state index contributed by atoms with van der Waals surface area (Å²) in [5, 5.41) is 2.85. The summed E-state index contributed by atoms with van der Waals surface area (Å²) in [6, 6.07) is 21.5. The predicted octanol–water partition coefficient (Wildman–Crippen LogP) is 5.87. The molecule has 5 nitrogen and oxygen atoms in total. The number of aromatic nitrogens is 1. The molecule has 1 amide bonds. The highest BCUT2D eigenvalue weighted by atomic mass is 16.5. The molecule has 158 valence electrons. The second-order valence-electron chi connectivity index (χ2n) is 8.02. The number of aryl methyl sites for hydroxylation is 1. The zero-order chi connectivity index (χ0) is 21.8. The SMILES string of the molecule is Cc1cccc(OCC(=O)Nc2ccc(Cc3nc4cc(C(C)C)ccc4o3)cc2)c1. The van der Waals surface area contributed by atoms with E-state index in [1.54, 1.807) is 0 Å². The smallest absolute Gasteiger partial charge is 0.262 e. The van der Waals surface area contributed by atoms with Gasteiger partial charge in [0.2, 0.25) is 0 Å². The van der Waals surface area contributed by atoms with Gasteiger partial charge in [0.15, 0.2) is 18.1 Å². The van der Waals surface area contributed by atoms with E-state index in [1.807, 2.05) is 61.5 Å². The fraction of sp³-hybridized carbons (Fsp3) is 0.231. The molecule has 0 aliphatic rings. The van der Waals surface area contributed by atoms with Crippen LogP contribution in [0, 0.1) is 6.92 Å². The molecule has 1 heterocycles. The molecule has 5 heteroatoms. The van der Waals surface area contributed by atoms with E-state index in [1.165, 1.54) is 5.56 Å². The Morgan fingerprint density at radius 1 is 1.06 bits per heavy atom. The number of nitrogens with zero attached hydrogens (tertiary/aromatic N) is 1.